The Balaban J connectivity index is 1.30. The Bertz CT molecular complexity index is 1400. The fourth-order valence-electron chi connectivity index (χ4n) is 5.39. The highest BCUT2D eigenvalue weighted by Crippen LogP contribution is 2.55. The van der Waals surface area contributed by atoms with E-state index in [0.717, 1.165) is 26.3 Å². The Morgan fingerprint density at radius 1 is 1.18 bits per heavy atom. The summed E-state index contributed by atoms with van der Waals surface area (Å²) in [5.41, 5.74) is 7.80. The van der Waals surface area contributed by atoms with Crippen LogP contribution in [0.15, 0.2) is 47.3 Å². The van der Waals surface area contributed by atoms with Gasteiger partial charge in [0.1, 0.15) is 29.0 Å². The third kappa shape index (κ3) is 3.25. The third-order valence-corrected chi connectivity index (χ3v) is 8.07. The predicted molar refractivity (Wildman–Crippen MR) is 128 cm³/mol. The van der Waals surface area contributed by atoms with Crippen LogP contribution in [-0.4, -0.2) is 48.5 Å². The largest absolute Gasteiger partial charge is 0.390 e. The topological polar surface area (TPSA) is 119 Å². The van der Waals surface area contributed by atoms with Gasteiger partial charge in [0.15, 0.2) is 0 Å². The minimum Gasteiger partial charge on any atom is -0.390 e. The van der Waals surface area contributed by atoms with Crippen LogP contribution in [0.2, 0.25) is 5.15 Å². The molecule has 2 fully saturated rings. The Kier molecular flexibility index (Phi) is 4.90. The van der Waals surface area contributed by atoms with Gasteiger partial charge in [-0.3, -0.25) is 0 Å². The summed E-state index contributed by atoms with van der Waals surface area (Å²) >= 11 is 9.61. The van der Waals surface area contributed by atoms with Crippen LogP contribution in [0.4, 0.5) is 5.82 Å². The lowest BCUT2D eigenvalue weighted by Gasteiger charge is -2.26. The fourth-order valence-corrected chi connectivity index (χ4v) is 5.92. The molecule has 0 bridgehead atoms. The van der Waals surface area contributed by atoms with Crippen LogP contribution in [0.5, 0.6) is 0 Å². The number of hydrogen-bond acceptors (Lipinski definition) is 7. The van der Waals surface area contributed by atoms with Crippen LogP contribution in [0.25, 0.3) is 21.9 Å². The number of anilines is 1. The SMILES string of the molecule is Nc1nc2cc(C3C[C@@]4(CO3)C[C@@H](n3ccc5c(Cl)ncnc53)[C@H](O)[C@@H]4O)ccc2cc1Br. The lowest BCUT2D eigenvalue weighted by molar-refractivity contribution is -0.0309. The number of halogens is 2. The molecule has 5 atom stereocenters. The normalized spacial score (nSPS) is 29.6. The van der Waals surface area contributed by atoms with E-state index in [2.05, 4.69) is 30.9 Å². The third-order valence-electron chi connectivity index (χ3n) is 7.14. The molecule has 1 aliphatic heterocycles. The molecular formula is C23H21BrClN5O3. The Morgan fingerprint density at radius 3 is 2.88 bits per heavy atom. The van der Waals surface area contributed by atoms with Crippen LogP contribution < -0.4 is 5.73 Å². The second-order valence-corrected chi connectivity index (χ2v) is 10.2. The van der Waals surface area contributed by atoms with Crippen molar-refractivity contribution in [2.75, 3.05) is 12.3 Å². The molecule has 4 aromatic rings. The van der Waals surface area contributed by atoms with Gasteiger partial charge >= 0.3 is 0 Å². The number of ether oxygens (including phenoxy) is 1. The first-order valence-electron chi connectivity index (χ1n) is 10.7. The van der Waals surface area contributed by atoms with Gasteiger partial charge in [0.2, 0.25) is 0 Å². The lowest BCUT2D eigenvalue weighted by Crippen LogP contribution is -2.37. The van der Waals surface area contributed by atoms with Gasteiger partial charge in [-0.1, -0.05) is 23.7 Å². The quantitative estimate of drug-likeness (QED) is 0.337. The molecule has 33 heavy (non-hydrogen) atoms. The molecule has 0 amide bonds. The second-order valence-electron chi connectivity index (χ2n) is 9.01. The first kappa shape index (κ1) is 21.2. The van der Waals surface area contributed by atoms with Crippen LogP contribution in [0.3, 0.4) is 0 Å². The molecule has 6 rings (SSSR count). The van der Waals surface area contributed by atoms with Crippen LogP contribution >= 0.6 is 27.5 Å². The van der Waals surface area contributed by atoms with E-state index in [1.807, 2.05) is 41.1 Å². The van der Waals surface area contributed by atoms with Crippen molar-refractivity contribution in [3.63, 3.8) is 0 Å². The van der Waals surface area contributed by atoms with Gasteiger partial charge in [-0.25, -0.2) is 15.0 Å². The Hall–Kier alpha value is -2.30. The molecule has 2 aliphatic rings. The molecule has 1 saturated carbocycles. The van der Waals surface area contributed by atoms with E-state index in [1.54, 1.807) is 0 Å². The summed E-state index contributed by atoms with van der Waals surface area (Å²) in [6.07, 6.45) is 2.31. The van der Waals surface area contributed by atoms with Gasteiger partial charge in [-0.05, 0) is 52.5 Å². The first-order chi connectivity index (χ1) is 15.9. The number of aliphatic hydroxyl groups is 2. The number of fused-ring (bicyclic) bond motifs is 2. The van der Waals surface area contributed by atoms with Gasteiger partial charge in [0.25, 0.3) is 0 Å². The zero-order valence-corrected chi connectivity index (χ0v) is 19.7. The highest BCUT2D eigenvalue weighted by atomic mass is 79.9. The molecule has 1 aromatic carbocycles. The van der Waals surface area contributed by atoms with Crippen LogP contribution in [0.1, 0.15) is 30.6 Å². The van der Waals surface area contributed by atoms with Crippen molar-refractivity contribution in [2.45, 2.75) is 37.2 Å². The predicted octanol–water partition coefficient (Wildman–Crippen LogP) is 3.79. The highest BCUT2D eigenvalue weighted by Gasteiger charge is 2.57. The number of aliphatic hydroxyl groups excluding tert-OH is 2. The van der Waals surface area contributed by atoms with Crippen molar-refractivity contribution in [2.24, 2.45) is 5.41 Å². The molecule has 3 aromatic heterocycles. The standard InChI is InChI=1S/C23H21BrClN5O3/c24-14-5-11-1-2-12(6-15(11)29-21(14)26)17-8-23(9-33-17)7-16(18(31)19(23)32)30-4-3-13-20(25)27-10-28-22(13)30/h1-6,10,16-19,31-32H,7-9H2,(H2,26,29)/t16-,17?,18+,19+,23-/m1/s1. The van der Waals surface area contributed by atoms with Crippen molar-refractivity contribution < 1.29 is 14.9 Å². The van der Waals surface area contributed by atoms with Crippen molar-refractivity contribution in [1.29, 1.82) is 0 Å². The van der Waals surface area contributed by atoms with Crippen molar-refractivity contribution in [1.82, 2.24) is 19.5 Å². The average molecular weight is 531 g/mol. The summed E-state index contributed by atoms with van der Waals surface area (Å²) in [5, 5.41) is 24.2. The zero-order valence-electron chi connectivity index (χ0n) is 17.4. The summed E-state index contributed by atoms with van der Waals surface area (Å²) < 4.78 is 8.82. The lowest BCUT2D eigenvalue weighted by atomic mass is 9.80. The van der Waals surface area contributed by atoms with E-state index >= 15 is 0 Å². The molecule has 1 aliphatic carbocycles. The van der Waals surface area contributed by atoms with Gasteiger partial charge in [0.05, 0.1) is 40.2 Å². The number of nitrogens with zero attached hydrogens (tertiary/aromatic N) is 4. The van der Waals surface area contributed by atoms with Gasteiger partial charge in [-0.2, -0.15) is 0 Å². The molecule has 1 saturated heterocycles. The zero-order chi connectivity index (χ0) is 22.9. The minimum atomic E-state index is -0.952. The number of nitrogen functional groups attached to an aromatic ring is 1. The Morgan fingerprint density at radius 2 is 2.03 bits per heavy atom. The fraction of sp³-hybridized carbons (Fsp3) is 0.348. The molecule has 8 nitrogen and oxygen atoms in total. The first-order valence-corrected chi connectivity index (χ1v) is 11.8. The highest BCUT2D eigenvalue weighted by molar-refractivity contribution is 9.10. The van der Waals surface area contributed by atoms with Crippen LogP contribution in [-0.2, 0) is 4.74 Å². The van der Waals surface area contributed by atoms with Gasteiger partial charge in [-0.15, -0.1) is 0 Å². The van der Waals surface area contributed by atoms with Gasteiger partial charge in [0, 0.05) is 17.0 Å². The minimum absolute atomic E-state index is 0.208. The maximum atomic E-state index is 11.1. The number of pyridine rings is 1. The molecule has 4 heterocycles. The number of benzene rings is 1. The second kappa shape index (κ2) is 7.61. The van der Waals surface area contributed by atoms with E-state index in [4.69, 9.17) is 22.1 Å². The van der Waals surface area contributed by atoms with Crippen molar-refractivity contribution >= 4 is 55.3 Å². The van der Waals surface area contributed by atoms with E-state index in [0.29, 0.717) is 36.1 Å². The molecule has 4 N–H and O–H groups in total. The number of rotatable bonds is 2. The molecule has 10 heteroatoms. The smallest absolute Gasteiger partial charge is 0.145 e. The summed E-state index contributed by atoms with van der Waals surface area (Å²) in [4.78, 5) is 12.8. The van der Waals surface area contributed by atoms with E-state index < -0.39 is 17.6 Å². The van der Waals surface area contributed by atoms with Crippen molar-refractivity contribution in [3.05, 3.63) is 58.0 Å². The molecular weight excluding hydrogens is 510 g/mol. The Labute approximate surface area is 202 Å². The van der Waals surface area contributed by atoms with E-state index in [9.17, 15) is 10.2 Å². The number of nitrogens with two attached hydrogens (primary N) is 1. The number of hydrogen-bond donors (Lipinski definition) is 3. The van der Waals surface area contributed by atoms with Crippen LogP contribution in [0, 0.1) is 5.41 Å². The maximum Gasteiger partial charge on any atom is 0.145 e. The van der Waals surface area contributed by atoms with E-state index in [1.165, 1.54) is 6.33 Å². The molecule has 1 spiro atoms. The average Bonchev–Trinajstić information content (AvgIpc) is 3.48. The molecule has 1 unspecified atom stereocenters. The van der Waals surface area contributed by atoms with Crippen molar-refractivity contribution in [3.8, 4) is 0 Å². The number of aromatic nitrogens is 4. The molecule has 0 radical (unpaired) electrons. The van der Waals surface area contributed by atoms with Gasteiger partial charge < -0.3 is 25.3 Å². The maximum absolute atomic E-state index is 11.1. The summed E-state index contributed by atoms with van der Waals surface area (Å²) in [6.45, 7) is 0.356. The summed E-state index contributed by atoms with van der Waals surface area (Å²) in [7, 11) is 0. The van der Waals surface area contributed by atoms with E-state index in [-0.39, 0.29) is 12.1 Å². The molecule has 170 valence electrons. The summed E-state index contributed by atoms with van der Waals surface area (Å²) in [5.74, 6) is 0.434. The summed E-state index contributed by atoms with van der Waals surface area (Å²) in [6, 6.07) is 9.42. The monoisotopic (exact) mass is 529 g/mol.